The molecule has 1 aromatic heterocycles. The summed E-state index contributed by atoms with van der Waals surface area (Å²) in [7, 11) is 1.46. The van der Waals surface area contributed by atoms with Crippen molar-refractivity contribution >= 4 is 5.97 Å². The Morgan fingerprint density at radius 1 is 1.31 bits per heavy atom. The molecule has 2 aromatic rings. The second kappa shape index (κ2) is 7.19. The Kier molecular flexibility index (Phi) is 4.76. The Morgan fingerprint density at radius 2 is 2.15 bits per heavy atom. The minimum absolute atomic E-state index is 0.149. The first-order valence-corrected chi connectivity index (χ1v) is 9.30. The zero-order valence-electron chi connectivity index (χ0n) is 15.0. The first kappa shape index (κ1) is 17.2. The Labute approximate surface area is 152 Å². The van der Waals surface area contributed by atoms with E-state index in [9.17, 15) is 9.18 Å². The summed E-state index contributed by atoms with van der Waals surface area (Å²) in [6.07, 6.45) is 7.49. The molecule has 0 bridgehead atoms. The topological polar surface area (TPSA) is 47.4 Å². The van der Waals surface area contributed by atoms with Crippen LogP contribution in [0.15, 0.2) is 36.5 Å². The Morgan fingerprint density at radius 3 is 2.96 bits per heavy atom. The number of halogens is 1. The van der Waals surface area contributed by atoms with Crippen LogP contribution in [-0.4, -0.2) is 39.8 Å². The minimum atomic E-state index is -0.283. The molecule has 2 aliphatic rings. The van der Waals surface area contributed by atoms with Crippen molar-refractivity contribution in [2.24, 2.45) is 5.92 Å². The van der Waals surface area contributed by atoms with Crippen molar-refractivity contribution in [3.05, 3.63) is 48.0 Å². The quantitative estimate of drug-likeness (QED) is 0.788. The number of hydrogen-bond donors (Lipinski definition) is 0. The van der Waals surface area contributed by atoms with Crippen molar-refractivity contribution in [3.8, 4) is 5.69 Å². The Hall–Kier alpha value is -2.21. The summed E-state index contributed by atoms with van der Waals surface area (Å²) < 4.78 is 20.2. The second-order valence-corrected chi connectivity index (χ2v) is 7.29. The Bertz CT molecular complexity index is 791. The molecule has 3 atom stereocenters. The van der Waals surface area contributed by atoms with Crippen LogP contribution >= 0.6 is 0 Å². The van der Waals surface area contributed by atoms with E-state index in [0.29, 0.717) is 24.2 Å². The molecule has 0 radical (unpaired) electrons. The number of carbonyl (C=O) groups excluding carboxylic acids is 1. The first-order valence-electron chi connectivity index (χ1n) is 9.30. The third kappa shape index (κ3) is 3.26. The number of fused-ring (bicyclic) bond motifs is 1. The first-order chi connectivity index (χ1) is 12.7. The predicted octanol–water partition coefficient (Wildman–Crippen LogP) is 3.32. The van der Waals surface area contributed by atoms with Crippen LogP contribution in [0.4, 0.5) is 4.39 Å². The predicted molar refractivity (Wildman–Crippen MR) is 95.2 cm³/mol. The van der Waals surface area contributed by atoms with Crippen LogP contribution in [0.5, 0.6) is 0 Å². The van der Waals surface area contributed by atoms with Crippen molar-refractivity contribution in [2.75, 3.05) is 7.11 Å². The summed E-state index contributed by atoms with van der Waals surface area (Å²) in [4.78, 5) is 14.6. The molecule has 26 heavy (non-hydrogen) atoms. The van der Waals surface area contributed by atoms with Crippen LogP contribution in [0.1, 0.15) is 37.8 Å². The van der Waals surface area contributed by atoms with Gasteiger partial charge in [-0.2, -0.15) is 5.10 Å². The van der Waals surface area contributed by atoms with E-state index in [1.54, 1.807) is 10.7 Å². The number of methoxy groups -OCH3 is 1. The van der Waals surface area contributed by atoms with Crippen LogP contribution in [0, 0.1) is 11.7 Å². The van der Waals surface area contributed by atoms with Gasteiger partial charge in [0.25, 0.3) is 0 Å². The lowest BCUT2D eigenvalue weighted by Gasteiger charge is -2.32. The molecule has 2 fully saturated rings. The van der Waals surface area contributed by atoms with Gasteiger partial charge < -0.3 is 4.74 Å². The van der Waals surface area contributed by atoms with E-state index < -0.39 is 0 Å². The van der Waals surface area contributed by atoms with Gasteiger partial charge in [0.15, 0.2) is 0 Å². The molecule has 0 spiro atoms. The fourth-order valence-electron chi connectivity index (χ4n) is 4.54. The van der Waals surface area contributed by atoms with Crippen LogP contribution < -0.4 is 0 Å². The molecule has 138 valence electrons. The largest absolute Gasteiger partial charge is 0.468 e. The normalized spacial score (nSPS) is 25.8. The number of likely N-dealkylation sites (tertiary alicyclic amines) is 1. The molecular weight excluding hydrogens is 333 g/mol. The molecule has 5 nitrogen and oxygen atoms in total. The maximum Gasteiger partial charge on any atom is 0.323 e. The van der Waals surface area contributed by atoms with Crippen LogP contribution in [0.2, 0.25) is 0 Å². The van der Waals surface area contributed by atoms with Crippen molar-refractivity contribution < 1.29 is 13.9 Å². The van der Waals surface area contributed by atoms with Crippen molar-refractivity contribution in [1.29, 1.82) is 0 Å². The van der Waals surface area contributed by atoms with Crippen LogP contribution in [0.3, 0.4) is 0 Å². The highest BCUT2D eigenvalue weighted by Gasteiger charge is 2.45. The van der Waals surface area contributed by atoms with Gasteiger partial charge in [-0.3, -0.25) is 9.69 Å². The van der Waals surface area contributed by atoms with Gasteiger partial charge in [0.1, 0.15) is 11.9 Å². The molecule has 1 aromatic carbocycles. The van der Waals surface area contributed by atoms with Gasteiger partial charge in [-0.25, -0.2) is 9.07 Å². The Balaban J connectivity index is 1.55. The van der Waals surface area contributed by atoms with E-state index in [1.807, 2.05) is 18.3 Å². The van der Waals surface area contributed by atoms with Gasteiger partial charge >= 0.3 is 5.97 Å². The summed E-state index contributed by atoms with van der Waals surface area (Å²) in [6.45, 7) is 0.614. The lowest BCUT2D eigenvalue weighted by molar-refractivity contribution is -0.146. The summed E-state index contributed by atoms with van der Waals surface area (Å²) in [5.41, 5.74) is 1.58. The number of aromatic nitrogens is 2. The van der Waals surface area contributed by atoms with Crippen LogP contribution in [-0.2, 0) is 16.1 Å². The van der Waals surface area contributed by atoms with Gasteiger partial charge in [0, 0.05) is 18.8 Å². The summed E-state index contributed by atoms with van der Waals surface area (Å²) in [5, 5.41) is 4.60. The SMILES string of the molecule is COC(=O)[C@@H]1C[C@H]2CCCC[C@@H]2N1Cc1ccn(-c2cccc(F)c2)n1. The lowest BCUT2D eigenvalue weighted by atomic mass is 9.85. The van der Waals surface area contributed by atoms with E-state index in [4.69, 9.17) is 4.74 Å². The van der Waals surface area contributed by atoms with Crippen LogP contribution in [0.25, 0.3) is 5.69 Å². The third-order valence-electron chi connectivity index (χ3n) is 5.76. The summed E-state index contributed by atoms with van der Waals surface area (Å²) >= 11 is 0. The minimum Gasteiger partial charge on any atom is -0.468 e. The highest BCUT2D eigenvalue weighted by molar-refractivity contribution is 5.76. The number of benzene rings is 1. The lowest BCUT2D eigenvalue weighted by Crippen LogP contribution is -2.42. The van der Waals surface area contributed by atoms with Gasteiger partial charge in [-0.15, -0.1) is 0 Å². The maximum absolute atomic E-state index is 13.5. The third-order valence-corrected chi connectivity index (χ3v) is 5.76. The molecule has 6 heteroatoms. The zero-order chi connectivity index (χ0) is 18.1. The standard InChI is InChI=1S/C20H24FN3O2/c1-26-20(25)19-11-14-5-2-3-8-18(14)23(19)13-16-9-10-24(22-16)17-7-4-6-15(21)12-17/h4,6-7,9-10,12,14,18-19H,2-3,5,8,11,13H2,1H3/t14-,18+,19+/m1/s1. The number of esters is 1. The number of nitrogens with zero attached hydrogens (tertiary/aromatic N) is 3. The monoisotopic (exact) mass is 357 g/mol. The highest BCUT2D eigenvalue weighted by atomic mass is 19.1. The second-order valence-electron chi connectivity index (χ2n) is 7.29. The van der Waals surface area contributed by atoms with Gasteiger partial charge in [0.2, 0.25) is 0 Å². The van der Waals surface area contributed by atoms with E-state index in [0.717, 1.165) is 18.5 Å². The van der Waals surface area contributed by atoms with Crippen molar-refractivity contribution in [3.63, 3.8) is 0 Å². The smallest absolute Gasteiger partial charge is 0.323 e. The van der Waals surface area contributed by atoms with E-state index in [-0.39, 0.29) is 17.8 Å². The average molecular weight is 357 g/mol. The molecule has 0 amide bonds. The fraction of sp³-hybridized carbons (Fsp3) is 0.500. The molecule has 4 rings (SSSR count). The van der Waals surface area contributed by atoms with Crippen molar-refractivity contribution in [1.82, 2.24) is 14.7 Å². The number of carbonyl (C=O) groups is 1. The summed E-state index contributed by atoms with van der Waals surface area (Å²) in [5.74, 6) is 0.136. The van der Waals surface area contributed by atoms with Gasteiger partial charge in [-0.1, -0.05) is 18.9 Å². The molecular formula is C20H24FN3O2. The maximum atomic E-state index is 13.5. The van der Waals surface area contributed by atoms with Crippen molar-refractivity contribution in [2.45, 2.75) is 50.7 Å². The summed E-state index contributed by atoms with van der Waals surface area (Å²) in [6, 6.07) is 8.55. The molecule has 1 saturated carbocycles. The molecule has 2 heterocycles. The van der Waals surface area contributed by atoms with E-state index >= 15 is 0 Å². The fourth-order valence-corrected chi connectivity index (χ4v) is 4.54. The van der Waals surface area contributed by atoms with E-state index in [2.05, 4.69) is 10.00 Å². The molecule has 0 N–H and O–H groups in total. The zero-order valence-corrected chi connectivity index (χ0v) is 15.0. The highest BCUT2D eigenvalue weighted by Crippen LogP contribution is 2.40. The molecule has 1 saturated heterocycles. The molecule has 0 unspecified atom stereocenters. The molecule has 1 aliphatic heterocycles. The average Bonchev–Trinajstić information content (AvgIpc) is 3.27. The van der Waals surface area contributed by atoms with Gasteiger partial charge in [-0.05, 0) is 49.4 Å². The van der Waals surface area contributed by atoms with Gasteiger partial charge in [0.05, 0.1) is 18.5 Å². The molecule has 1 aliphatic carbocycles. The van der Waals surface area contributed by atoms with E-state index in [1.165, 1.54) is 38.5 Å². The number of rotatable bonds is 4. The number of ether oxygens (including phenoxy) is 1. The number of hydrogen-bond acceptors (Lipinski definition) is 4.